The van der Waals surface area contributed by atoms with E-state index >= 15 is 0 Å². The van der Waals surface area contributed by atoms with Crippen LogP contribution in [0.15, 0.2) is 54.1 Å². The van der Waals surface area contributed by atoms with E-state index in [4.69, 9.17) is 21.1 Å². The Balaban J connectivity index is 1.69. The summed E-state index contributed by atoms with van der Waals surface area (Å²) in [5.41, 5.74) is 1.24. The molecule has 1 N–H and O–H groups in total. The quantitative estimate of drug-likeness (QED) is 0.365. The molecule has 2 aromatic rings. The van der Waals surface area contributed by atoms with Gasteiger partial charge in [-0.3, -0.25) is 14.5 Å². The molecule has 2 saturated heterocycles. The van der Waals surface area contributed by atoms with Crippen LogP contribution in [0.4, 0.5) is 0 Å². The van der Waals surface area contributed by atoms with Crippen LogP contribution in [-0.2, 0) is 14.3 Å². The molecule has 0 aliphatic carbocycles. The van der Waals surface area contributed by atoms with Gasteiger partial charge in [0.05, 0.1) is 30.9 Å². The Morgan fingerprint density at radius 1 is 1.06 bits per heavy atom. The first-order valence-corrected chi connectivity index (χ1v) is 11.8. The van der Waals surface area contributed by atoms with Gasteiger partial charge in [0, 0.05) is 36.8 Å². The number of nitrogens with zero attached hydrogens (tertiary/aromatic N) is 2. The maximum Gasteiger partial charge on any atom is 0.295 e. The number of Topliss-reactive ketones (excluding diaryl/α,β-unsaturated/α-hetero) is 1. The molecule has 2 fully saturated rings. The second-order valence-corrected chi connectivity index (χ2v) is 9.13. The van der Waals surface area contributed by atoms with E-state index in [0.717, 1.165) is 13.1 Å². The van der Waals surface area contributed by atoms with Crippen LogP contribution < -0.4 is 4.74 Å². The van der Waals surface area contributed by atoms with Crippen LogP contribution in [0, 0.1) is 0 Å². The number of benzene rings is 2. The Labute approximate surface area is 204 Å². The van der Waals surface area contributed by atoms with E-state index in [1.807, 2.05) is 13.8 Å². The molecule has 1 atom stereocenters. The third kappa shape index (κ3) is 5.27. The van der Waals surface area contributed by atoms with Gasteiger partial charge in [0.25, 0.3) is 11.7 Å². The second kappa shape index (κ2) is 10.6. The van der Waals surface area contributed by atoms with Crippen LogP contribution in [-0.4, -0.2) is 72.1 Å². The first kappa shape index (κ1) is 24.3. The Morgan fingerprint density at radius 2 is 1.71 bits per heavy atom. The van der Waals surface area contributed by atoms with Crippen molar-refractivity contribution in [3.8, 4) is 5.75 Å². The van der Waals surface area contributed by atoms with E-state index < -0.39 is 17.7 Å². The van der Waals surface area contributed by atoms with Gasteiger partial charge >= 0.3 is 0 Å². The maximum atomic E-state index is 13.2. The van der Waals surface area contributed by atoms with Crippen molar-refractivity contribution in [1.29, 1.82) is 0 Å². The predicted octanol–water partition coefficient (Wildman–Crippen LogP) is 3.88. The molecule has 8 heteroatoms. The normalized spacial score (nSPS) is 20.8. The number of likely N-dealkylation sites (tertiary alicyclic amines) is 1. The number of aliphatic hydroxyl groups is 1. The maximum absolute atomic E-state index is 13.2. The minimum Gasteiger partial charge on any atom is -0.507 e. The average molecular weight is 485 g/mol. The summed E-state index contributed by atoms with van der Waals surface area (Å²) >= 11 is 6.08. The van der Waals surface area contributed by atoms with Crippen molar-refractivity contribution >= 4 is 29.1 Å². The highest BCUT2D eigenvalue weighted by molar-refractivity contribution is 6.46. The molecule has 2 heterocycles. The minimum atomic E-state index is -0.704. The molecule has 7 nitrogen and oxygen atoms in total. The molecule has 0 saturated carbocycles. The molecule has 2 aliphatic rings. The molecular weight excluding hydrogens is 456 g/mol. The van der Waals surface area contributed by atoms with Crippen molar-refractivity contribution in [2.24, 2.45) is 0 Å². The Kier molecular flexibility index (Phi) is 7.56. The number of carbonyl (C=O) groups is 2. The number of hydrogen-bond acceptors (Lipinski definition) is 6. The van der Waals surface area contributed by atoms with Gasteiger partial charge in [-0.1, -0.05) is 23.7 Å². The number of carbonyl (C=O) groups excluding carboxylic acids is 2. The lowest BCUT2D eigenvalue weighted by atomic mass is 9.95. The molecule has 4 rings (SSSR count). The van der Waals surface area contributed by atoms with Crippen molar-refractivity contribution < 1.29 is 24.2 Å². The zero-order chi connectivity index (χ0) is 24.2. The SMILES string of the molecule is CC(C)Oc1ccc(/C(O)=C2\C(=O)C(=O)N(CCN3CCOCC3)[C@H]2c2ccc(Cl)cc2)cc1. The van der Waals surface area contributed by atoms with E-state index in [9.17, 15) is 14.7 Å². The Bertz CT molecular complexity index is 1060. The van der Waals surface area contributed by atoms with Crippen molar-refractivity contribution in [2.75, 3.05) is 39.4 Å². The summed E-state index contributed by atoms with van der Waals surface area (Å²) in [4.78, 5) is 30.0. The number of ketones is 1. The number of halogens is 1. The van der Waals surface area contributed by atoms with Crippen LogP contribution >= 0.6 is 11.6 Å². The molecule has 0 aromatic heterocycles. The number of aliphatic hydroxyl groups excluding tert-OH is 1. The minimum absolute atomic E-state index is 0.0149. The standard InChI is InChI=1S/C26H29ClN2O5/c1-17(2)34-21-9-5-19(6-10-21)24(30)22-23(18-3-7-20(27)8-4-18)29(26(32)25(22)31)12-11-28-13-15-33-16-14-28/h3-10,17,23,30H,11-16H2,1-2H3/b24-22+/t23-/m0/s1. The summed E-state index contributed by atoms with van der Waals surface area (Å²) < 4.78 is 11.1. The smallest absolute Gasteiger partial charge is 0.295 e. The highest BCUT2D eigenvalue weighted by Crippen LogP contribution is 2.39. The third-order valence-electron chi connectivity index (χ3n) is 5.99. The van der Waals surface area contributed by atoms with E-state index in [2.05, 4.69) is 4.90 Å². The summed E-state index contributed by atoms with van der Waals surface area (Å²) in [5.74, 6) is -0.855. The van der Waals surface area contributed by atoms with Gasteiger partial charge in [0.15, 0.2) is 0 Å². The van der Waals surface area contributed by atoms with Crippen LogP contribution in [0.5, 0.6) is 5.75 Å². The van der Waals surface area contributed by atoms with Crippen LogP contribution in [0.2, 0.25) is 5.02 Å². The summed E-state index contributed by atoms with van der Waals surface area (Å²) in [6.07, 6.45) is 0.0149. The van der Waals surface area contributed by atoms with Gasteiger partial charge in [-0.25, -0.2) is 0 Å². The summed E-state index contributed by atoms with van der Waals surface area (Å²) in [6.45, 7) is 7.68. The van der Waals surface area contributed by atoms with Gasteiger partial charge in [0.1, 0.15) is 11.5 Å². The monoisotopic (exact) mass is 484 g/mol. The Morgan fingerprint density at radius 3 is 2.32 bits per heavy atom. The van der Waals surface area contributed by atoms with E-state index in [1.54, 1.807) is 53.4 Å². The highest BCUT2D eigenvalue weighted by atomic mass is 35.5. The van der Waals surface area contributed by atoms with Gasteiger partial charge in [-0.15, -0.1) is 0 Å². The number of amides is 1. The van der Waals surface area contributed by atoms with Crippen molar-refractivity contribution in [3.63, 3.8) is 0 Å². The van der Waals surface area contributed by atoms with Crippen LogP contribution in [0.25, 0.3) is 5.76 Å². The predicted molar refractivity (Wildman–Crippen MR) is 130 cm³/mol. The lowest BCUT2D eigenvalue weighted by Gasteiger charge is -2.31. The van der Waals surface area contributed by atoms with Crippen LogP contribution in [0.1, 0.15) is 31.0 Å². The molecule has 0 radical (unpaired) electrons. The number of morpholine rings is 1. The van der Waals surface area contributed by atoms with Gasteiger partial charge in [-0.05, 0) is 55.8 Å². The van der Waals surface area contributed by atoms with E-state index in [0.29, 0.717) is 48.2 Å². The zero-order valence-electron chi connectivity index (χ0n) is 19.4. The fourth-order valence-electron chi connectivity index (χ4n) is 4.30. The highest BCUT2D eigenvalue weighted by Gasteiger charge is 2.46. The third-order valence-corrected chi connectivity index (χ3v) is 6.24. The molecule has 1 amide bonds. The van der Waals surface area contributed by atoms with Gasteiger partial charge in [0.2, 0.25) is 0 Å². The summed E-state index contributed by atoms with van der Waals surface area (Å²) in [5, 5.41) is 11.7. The lowest BCUT2D eigenvalue weighted by molar-refractivity contribution is -0.140. The molecular formula is C26H29ClN2O5. The van der Waals surface area contributed by atoms with Gasteiger partial charge < -0.3 is 19.5 Å². The van der Waals surface area contributed by atoms with E-state index in [1.165, 1.54) is 0 Å². The van der Waals surface area contributed by atoms with Crippen molar-refractivity contribution in [3.05, 3.63) is 70.3 Å². The molecule has 2 aliphatic heterocycles. The first-order chi connectivity index (χ1) is 16.3. The van der Waals surface area contributed by atoms with Crippen LogP contribution in [0.3, 0.4) is 0 Å². The average Bonchev–Trinajstić information content (AvgIpc) is 3.08. The van der Waals surface area contributed by atoms with Gasteiger partial charge in [-0.2, -0.15) is 0 Å². The molecule has 0 bridgehead atoms. The topological polar surface area (TPSA) is 79.3 Å². The van der Waals surface area contributed by atoms with Crippen molar-refractivity contribution in [2.45, 2.75) is 26.0 Å². The molecule has 0 spiro atoms. The molecule has 0 unspecified atom stereocenters. The Hall–Kier alpha value is -2.87. The second-order valence-electron chi connectivity index (χ2n) is 8.69. The fraction of sp³-hybridized carbons (Fsp3) is 0.385. The summed E-state index contributed by atoms with van der Waals surface area (Å²) in [7, 11) is 0. The van der Waals surface area contributed by atoms with Crippen molar-refractivity contribution in [1.82, 2.24) is 9.80 Å². The van der Waals surface area contributed by atoms with E-state index in [-0.39, 0.29) is 17.4 Å². The lowest BCUT2D eigenvalue weighted by Crippen LogP contribution is -2.42. The molecule has 180 valence electrons. The number of rotatable bonds is 7. The molecule has 34 heavy (non-hydrogen) atoms. The first-order valence-electron chi connectivity index (χ1n) is 11.5. The largest absolute Gasteiger partial charge is 0.507 e. The summed E-state index contributed by atoms with van der Waals surface area (Å²) in [6, 6.07) is 13.2. The number of hydrogen-bond donors (Lipinski definition) is 1. The molecule has 2 aromatic carbocycles. The fourth-order valence-corrected chi connectivity index (χ4v) is 4.42. The zero-order valence-corrected chi connectivity index (χ0v) is 20.1. The number of ether oxygens (including phenoxy) is 2.